The van der Waals surface area contributed by atoms with Crippen LogP contribution in [0.25, 0.3) is 0 Å². The molecule has 0 aromatic heterocycles. The molecule has 0 spiro atoms. The van der Waals surface area contributed by atoms with E-state index in [0.717, 1.165) is 0 Å². The number of hydrogen-bond donors (Lipinski definition) is 2. The Kier molecular flexibility index (Phi) is 5.64. The van der Waals surface area contributed by atoms with Gasteiger partial charge in [0.05, 0.1) is 26.4 Å². The molecule has 0 unspecified atom stereocenters. The van der Waals surface area contributed by atoms with Crippen LogP contribution in [0.2, 0.25) is 0 Å². The topological polar surface area (TPSA) is 95.1 Å². The van der Waals surface area contributed by atoms with Crippen LogP contribution in [0.1, 0.15) is 10.4 Å². The lowest BCUT2D eigenvalue weighted by molar-refractivity contribution is 0.00862. The number of carbonyl (C=O) groups is 2. The van der Waals surface area contributed by atoms with Crippen molar-refractivity contribution in [2.24, 2.45) is 0 Å². The van der Waals surface area contributed by atoms with Gasteiger partial charge in [0.2, 0.25) is 0 Å². The Balaban J connectivity index is 1.30. The van der Waals surface area contributed by atoms with E-state index in [1.54, 1.807) is 55.6 Å². The molecule has 0 saturated carbocycles. The molecule has 4 rings (SSSR count). The molecule has 4 atom stereocenters. The van der Waals surface area contributed by atoms with Crippen molar-refractivity contribution < 1.29 is 28.5 Å². The van der Waals surface area contributed by atoms with Crippen LogP contribution in [0.5, 0.6) is 5.75 Å². The molecule has 2 fully saturated rings. The highest BCUT2D eigenvalue weighted by atomic mass is 16.6. The van der Waals surface area contributed by atoms with Gasteiger partial charge < -0.3 is 24.3 Å². The van der Waals surface area contributed by atoms with Crippen molar-refractivity contribution in [1.82, 2.24) is 5.32 Å². The van der Waals surface area contributed by atoms with Gasteiger partial charge in [0.25, 0.3) is 5.91 Å². The third kappa shape index (κ3) is 4.33. The zero-order chi connectivity index (χ0) is 20.2. The zero-order valence-electron chi connectivity index (χ0n) is 15.9. The number of rotatable bonds is 5. The van der Waals surface area contributed by atoms with E-state index in [1.807, 2.05) is 6.07 Å². The van der Waals surface area contributed by atoms with Gasteiger partial charge in [-0.05, 0) is 36.4 Å². The van der Waals surface area contributed by atoms with Crippen molar-refractivity contribution in [2.75, 3.05) is 25.6 Å². The average molecular weight is 398 g/mol. The van der Waals surface area contributed by atoms with Gasteiger partial charge in [0.15, 0.2) is 6.10 Å². The first-order valence-electron chi connectivity index (χ1n) is 9.35. The summed E-state index contributed by atoms with van der Waals surface area (Å²) in [5.41, 5.74) is 1.16. The number of benzene rings is 2. The van der Waals surface area contributed by atoms with Gasteiger partial charge in [-0.25, -0.2) is 4.79 Å². The molecule has 2 aromatic carbocycles. The highest BCUT2D eigenvalue weighted by Crippen LogP contribution is 2.29. The third-order valence-corrected chi connectivity index (χ3v) is 4.96. The summed E-state index contributed by atoms with van der Waals surface area (Å²) in [7, 11) is 1.57. The molecule has 152 valence electrons. The molecule has 2 aromatic rings. The van der Waals surface area contributed by atoms with Crippen molar-refractivity contribution >= 4 is 17.7 Å². The summed E-state index contributed by atoms with van der Waals surface area (Å²) in [5, 5.41) is 5.60. The lowest BCUT2D eigenvalue weighted by atomic mass is 10.1. The summed E-state index contributed by atoms with van der Waals surface area (Å²) in [6.07, 6.45) is -1.92. The normalized spacial score (nSPS) is 25.1. The van der Waals surface area contributed by atoms with E-state index in [9.17, 15) is 9.59 Å². The second-order valence-corrected chi connectivity index (χ2v) is 6.84. The van der Waals surface area contributed by atoms with Crippen molar-refractivity contribution in [3.63, 3.8) is 0 Å². The van der Waals surface area contributed by atoms with Gasteiger partial charge in [-0.2, -0.15) is 0 Å². The SMILES string of the molecule is COc1ccc(NC(=O)O[C@H]2CO[C@@H]3[C@@H]2OC[C@@H]3NC(=O)c2ccccc2)cc1. The van der Waals surface area contributed by atoms with Crippen LogP contribution in [0.15, 0.2) is 54.6 Å². The van der Waals surface area contributed by atoms with E-state index in [4.69, 9.17) is 18.9 Å². The van der Waals surface area contributed by atoms with Crippen LogP contribution in [0.4, 0.5) is 10.5 Å². The highest BCUT2D eigenvalue weighted by Gasteiger charge is 2.50. The van der Waals surface area contributed by atoms with Crippen LogP contribution in [-0.2, 0) is 14.2 Å². The third-order valence-electron chi connectivity index (χ3n) is 4.96. The Hall–Kier alpha value is -3.10. The largest absolute Gasteiger partial charge is 0.497 e. The lowest BCUT2D eigenvalue weighted by Gasteiger charge is -2.18. The summed E-state index contributed by atoms with van der Waals surface area (Å²) in [6.45, 7) is 0.511. The van der Waals surface area contributed by atoms with Gasteiger partial charge in [-0.1, -0.05) is 18.2 Å². The monoisotopic (exact) mass is 398 g/mol. The predicted molar refractivity (Wildman–Crippen MR) is 104 cm³/mol. The van der Waals surface area contributed by atoms with Crippen LogP contribution < -0.4 is 15.4 Å². The van der Waals surface area contributed by atoms with E-state index < -0.39 is 18.3 Å². The number of amides is 2. The fourth-order valence-electron chi connectivity index (χ4n) is 3.49. The Morgan fingerprint density at radius 1 is 0.966 bits per heavy atom. The smallest absolute Gasteiger partial charge is 0.412 e. The van der Waals surface area contributed by atoms with Crippen LogP contribution in [0.3, 0.4) is 0 Å². The van der Waals surface area contributed by atoms with E-state index in [2.05, 4.69) is 10.6 Å². The summed E-state index contributed by atoms with van der Waals surface area (Å²) < 4.78 is 22.1. The Labute approximate surface area is 168 Å². The maximum atomic E-state index is 12.4. The molecular formula is C21H22N2O6. The highest BCUT2D eigenvalue weighted by molar-refractivity contribution is 5.94. The number of anilines is 1. The molecule has 2 aliphatic rings. The van der Waals surface area contributed by atoms with Crippen molar-refractivity contribution in [3.8, 4) is 5.75 Å². The molecule has 0 bridgehead atoms. The number of fused-ring (bicyclic) bond motifs is 1. The van der Waals surface area contributed by atoms with Crippen molar-refractivity contribution in [1.29, 1.82) is 0 Å². The summed E-state index contributed by atoms with van der Waals surface area (Å²) >= 11 is 0. The van der Waals surface area contributed by atoms with Crippen molar-refractivity contribution in [3.05, 3.63) is 60.2 Å². The Morgan fingerprint density at radius 2 is 1.69 bits per heavy atom. The first-order valence-corrected chi connectivity index (χ1v) is 9.35. The lowest BCUT2D eigenvalue weighted by Crippen LogP contribution is -2.44. The van der Waals surface area contributed by atoms with Crippen molar-refractivity contribution in [2.45, 2.75) is 24.4 Å². The second-order valence-electron chi connectivity index (χ2n) is 6.84. The quantitative estimate of drug-likeness (QED) is 0.802. The number of ether oxygens (including phenoxy) is 4. The number of carbonyl (C=O) groups excluding carboxylic acids is 2. The summed E-state index contributed by atoms with van der Waals surface area (Å²) in [6, 6.07) is 15.6. The zero-order valence-corrected chi connectivity index (χ0v) is 15.9. The molecule has 2 heterocycles. The fraction of sp³-hybridized carbons (Fsp3) is 0.333. The number of nitrogens with one attached hydrogen (secondary N) is 2. The van der Waals surface area contributed by atoms with E-state index >= 15 is 0 Å². The van der Waals surface area contributed by atoms with Crippen LogP contribution >= 0.6 is 0 Å². The first kappa shape index (κ1) is 19.2. The molecule has 0 radical (unpaired) electrons. The minimum Gasteiger partial charge on any atom is -0.497 e. The summed E-state index contributed by atoms with van der Waals surface area (Å²) in [4.78, 5) is 24.6. The number of methoxy groups -OCH3 is 1. The minimum absolute atomic E-state index is 0.190. The maximum Gasteiger partial charge on any atom is 0.412 e. The van der Waals surface area contributed by atoms with Gasteiger partial charge >= 0.3 is 6.09 Å². The minimum atomic E-state index is -0.593. The van der Waals surface area contributed by atoms with Gasteiger partial charge in [0.1, 0.15) is 18.0 Å². The molecule has 2 amide bonds. The standard InChI is InChI=1S/C21H22N2O6/c1-26-15-9-7-14(8-10-15)22-21(25)29-17-12-28-18-16(11-27-19(17)18)23-20(24)13-5-3-2-4-6-13/h2-10,16-19H,11-12H2,1H3,(H,22,25)(H,23,24)/t16-,17-,18-,19+/m0/s1. The molecule has 2 N–H and O–H groups in total. The van der Waals surface area contributed by atoms with E-state index in [0.29, 0.717) is 23.6 Å². The molecule has 2 saturated heterocycles. The molecule has 8 nitrogen and oxygen atoms in total. The number of hydrogen-bond acceptors (Lipinski definition) is 6. The summed E-state index contributed by atoms with van der Waals surface area (Å²) in [5.74, 6) is 0.504. The second kappa shape index (κ2) is 8.50. The molecule has 8 heteroatoms. The fourth-order valence-corrected chi connectivity index (χ4v) is 3.49. The molecule has 0 aliphatic carbocycles. The van der Waals surface area contributed by atoms with Gasteiger partial charge in [-0.3, -0.25) is 10.1 Å². The van der Waals surface area contributed by atoms with E-state index in [-0.39, 0.29) is 24.7 Å². The van der Waals surface area contributed by atoms with Gasteiger partial charge in [0, 0.05) is 11.3 Å². The maximum absolute atomic E-state index is 12.4. The van der Waals surface area contributed by atoms with Gasteiger partial charge in [-0.15, -0.1) is 0 Å². The molecule has 29 heavy (non-hydrogen) atoms. The predicted octanol–water partition coefficient (Wildman–Crippen LogP) is 2.21. The molecular weight excluding hydrogens is 376 g/mol. The Morgan fingerprint density at radius 3 is 2.41 bits per heavy atom. The van der Waals surface area contributed by atoms with Crippen LogP contribution in [-0.4, -0.2) is 56.7 Å². The Bertz CT molecular complexity index is 857. The first-order chi connectivity index (χ1) is 14.1. The average Bonchev–Trinajstić information content (AvgIpc) is 3.32. The molecule has 2 aliphatic heterocycles. The van der Waals surface area contributed by atoms with E-state index in [1.165, 1.54) is 0 Å². The van der Waals surface area contributed by atoms with Crippen LogP contribution in [0, 0.1) is 0 Å².